The molecule has 2 aromatic carbocycles. The van der Waals surface area contributed by atoms with Crippen LogP contribution < -0.4 is 5.32 Å². The van der Waals surface area contributed by atoms with Gasteiger partial charge in [-0.15, -0.1) is 0 Å². The van der Waals surface area contributed by atoms with E-state index >= 15 is 0 Å². The standard InChI is InChI=1S/C23H25N3O2S/c1-15-9-16(2)23(17(3)10-15)29(27,28)26-14-18(13-24-4)11-22(26)20-5-6-21-19(12-20)7-8-25-21/h5-12,14,24-25H,13H2,1-4H3. The van der Waals surface area contributed by atoms with Crippen molar-refractivity contribution in [2.24, 2.45) is 0 Å². The van der Waals surface area contributed by atoms with Crippen molar-refractivity contribution in [3.63, 3.8) is 0 Å². The van der Waals surface area contributed by atoms with Crippen LogP contribution in [0.4, 0.5) is 0 Å². The number of hydrogen-bond donors (Lipinski definition) is 2. The highest BCUT2D eigenvalue weighted by Crippen LogP contribution is 2.32. The Morgan fingerprint density at radius 3 is 2.41 bits per heavy atom. The zero-order chi connectivity index (χ0) is 20.8. The van der Waals surface area contributed by atoms with Crippen molar-refractivity contribution in [3.05, 3.63) is 77.1 Å². The molecule has 4 aromatic rings. The van der Waals surface area contributed by atoms with Gasteiger partial charge in [-0.05, 0) is 74.3 Å². The Labute approximate surface area is 171 Å². The lowest BCUT2D eigenvalue weighted by Crippen LogP contribution is -2.16. The van der Waals surface area contributed by atoms with Gasteiger partial charge in [0.15, 0.2) is 0 Å². The summed E-state index contributed by atoms with van der Waals surface area (Å²) in [6.45, 7) is 6.29. The maximum Gasteiger partial charge on any atom is 0.268 e. The third-order valence-corrected chi connectivity index (χ3v) is 7.17. The van der Waals surface area contributed by atoms with Crippen molar-refractivity contribution in [1.82, 2.24) is 14.3 Å². The first-order valence-corrected chi connectivity index (χ1v) is 11.0. The average Bonchev–Trinajstić information content (AvgIpc) is 3.27. The highest BCUT2D eigenvalue weighted by Gasteiger charge is 2.25. The maximum absolute atomic E-state index is 13.7. The largest absolute Gasteiger partial charge is 0.361 e. The van der Waals surface area contributed by atoms with Crippen molar-refractivity contribution >= 4 is 20.9 Å². The highest BCUT2D eigenvalue weighted by molar-refractivity contribution is 7.90. The molecule has 4 rings (SSSR count). The fraction of sp³-hybridized carbons (Fsp3) is 0.217. The van der Waals surface area contributed by atoms with Crippen molar-refractivity contribution in [2.75, 3.05) is 7.05 Å². The van der Waals surface area contributed by atoms with Gasteiger partial charge in [0.1, 0.15) is 0 Å². The third kappa shape index (κ3) is 3.39. The van der Waals surface area contributed by atoms with Crippen molar-refractivity contribution in [2.45, 2.75) is 32.2 Å². The molecular weight excluding hydrogens is 382 g/mol. The van der Waals surface area contributed by atoms with Crippen LogP contribution in [0.5, 0.6) is 0 Å². The predicted octanol–water partition coefficient (Wildman–Crippen LogP) is 4.52. The third-order valence-electron chi connectivity index (χ3n) is 5.19. The minimum atomic E-state index is -3.75. The molecule has 2 N–H and O–H groups in total. The van der Waals surface area contributed by atoms with Crippen LogP contribution in [0.2, 0.25) is 0 Å². The second kappa shape index (κ2) is 7.21. The van der Waals surface area contributed by atoms with E-state index in [1.165, 1.54) is 3.97 Å². The molecule has 0 fully saturated rings. The van der Waals surface area contributed by atoms with Crippen LogP contribution in [0.25, 0.3) is 22.2 Å². The summed E-state index contributed by atoms with van der Waals surface area (Å²) < 4.78 is 28.9. The first-order valence-electron chi connectivity index (χ1n) is 9.58. The van der Waals surface area contributed by atoms with Crippen molar-refractivity contribution in [3.8, 4) is 11.3 Å². The number of aromatic nitrogens is 2. The smallest absolute Gasteiger partial charge is 0.268 e. The van der Waals surface area contributed by atoms with E-state index in [4.69, 9.17) is 0 Å². The molecule has 0 saturated carbocycles. The van der Waals surface area contributed by atoms with Crippen molar-refractivity contribution in [1.29, 1.82) is 0 Å². The molecule has 0 amide bonds. The topological polar surface area (TPSA) is 66.9 Å². The number of benzene rings is 2. The SMILES string of the molecule is CNCc1cc(-c2ccc3[nH]ccc3c2)n(S(=O)(=O)c2c(C)cc(C)cc2C)c1. The minimum Gasteiger partial charge on any atom is -0.361 e. The molecule has 5 nitrogen and oxygen atoms in total. The summed E-state index contributed by atoms with van der Waals surface area (Å²) in [6, 6.07) is 13.7. The number of H-pyrrole nitrogens is 1. The molecule has 0 bridgehead atoms. The Kier molecular flexibility index (Phi) is 4.84. The van der Waals surface area contributed by atoms with Crippen molar-refractivity contribution < 1.29 is 8.42 Å². The number of hydrogen-bond acceptors (Lipinski definition) is 3. The second-order valence-electron chi connectivity index (χ2n) is 7.57. The Hall–Kier alpha value is -2.83. The van der Waals surface area contributed by atoms with E-state index < -0.39 is 10.0 Å². The monoisotopic (exact) mass is 407 g/mol. The summed E-state index contributed by atoms with van der Waals surface area (Å²) >= 11 is 0. The van der Waals surface area contributed by atoms with E-state index in [0.717, 1.165) is 38.7 Å². The van der Waals surface area contributed by atoms with Gasteiger partial charge in [-0.25, -0.2) is 12.4 Å². The number of aryl methyl sites for hydroxylation is 3. The average molecular weight is 408 g/mol. The molecule has 0 spiro atoms. The lowest BCUT2D eigenvalue weighted by atomic mass is 10.1. The summed E-state index contributed by atoms with van der Waals surface area (Å²) in [4.78, 5) is 3.55. The second-order valence-corrected chi connectivity index (χ2v) is 9.32. The number of nitrogens with zero attached hydrogens (tertiary/aromatic N) is 1. The zero-order valence-electron chi connectivity index (χ0n) is 17.1. The van der Waals surface area contributed by atoms with Gasteiger partial charge in [-0.2, -0.15) is 0 Å². The van der Waals surface area contributed by atoms with Crippen LogP contribution in [-0.2, 0) is 16.6 Å². The Bertz CT molecular complexity index is 1290. The molecule has 0 atom stereocenters. The Morgan fingerprint density at radius 2 is 1.72 bits per heavy atom. The lowest BCUT2D eigenvalue weighted by molar-refractivity contribution is 0.586. The van der Waals surface area contributed by atoms with Crippen LogP contribution in [0.15, 0.2) is 59.8 Å². The normalized spacial score (nSPS) is 12.0. The molecular formula is C23H25N3O2S. The highest BCUT2D eigenvalue weighted by atomic mass is 32.2. The molecule has 0 radical (unpaired) electrons. The molecule has 2 aromatic heterocycles. The van der Waals surface area contributed by atoms with Crippen LogP contribution in [-0.4, -0.2) is 24.4 Å². The molecule has 0 aliphatic heterocycles. The number of aromatic amines is 1. The molecule has 0 unspecified atom stereocenters. The summed E-state index contributed by atoms with van der Waals surface area (Å²) in [5, 5.41) is 4.16. The molecule has 6 heteroatoms. The Balaban J connectivity index is 1.95. The number of fused-ring (bicyclic) bond motifs is 1. The van der Waals surface area contributed by atoms with Crippen LogP contribution in [0, 0.1) is 20.8 Å². The van der Waals surface area contributed by atoms with E-state index in [2.05, 4.69) is 10.3 Å². The Morgan fingerprint density at radius 1 is 1.00 bits per heavy atom. The molecule has 0 saturated heterocycles. The van der Waals surface area contributed by atoms with Crippen LogP contribution in [0.3, 0.4) is 0 Å². The summed E-state index contributed by atoms with van der Waals surface area (Å²) in [6.07, 6.45) is 3.61. The number of rotatable bonds is 5. The summed E-state index contributed by atoms with van der Waals surface area (Å²) in [7, 11) is -1.90. The molecule has 150 valence electrons. The van der Waals surface area contributed by atoms with Gasteiger partial charge < -0.3 is 10.3 Å². The molecule has 0 aliphatic carbocycles. The van der Waals surface area contributed by atoms with E-state index in [1.54, 1.807) is 6.20 Å². The van der Waals surface area contributed by atoms with Gasteiger partial charge in [0.25, 0.3) is 10.0 Å². The molecule has 29 heavy (non-hydrogen) atoms. The van der Waals surface area contributed by atoms with E-state index in [1.807, 2.05) is 76.5 Å². The van der Waals surface area contributed by atoms with Gasteiger partial charge in [-0.1, -0.05) is 23.8 Å². The van der Waals surface area contributed by atoms with E-state index in [0.29, 0.717) is 17.1 Å². The fourth-order valence-electron chi connectivity index (χ4n) is 4.09. The van der Waals surface area contributed by atoms with Crippen LogP contribution in [0.1, 0.15) is 22.3 Å². The first kappa shape index (κ1) is 19.5. The summed E-state index contributed by atoms with van der Waals surface area (Å²) in [5.74, 6) is 0. The summed E-state index contributed by atoms with van der Waals surface area (Å²) in [5.41, 5.74) is 6.05. The van der Waals surface area contributed by atoms with Gasteiger partial charge in [0.05, 0.1) is 10.6 Å². The minimum absolute atomic E-state index is 0.374. The molecule has 2 heterocycles. The van der Waals surface area contributed by atoms with Crippen LogP contribution >= 0.6 is 0 Å². The number of nitrogens with one attached hydrogen (secondary N) is 2. The predicted molar refractivity (Wildman–Crippen MR) is 118 cm³/mol. The van der Waals surface area contributed by atoms with E-state index in [9.17, 15) is 8.42 Å². The quantitative estimate of drug-likeness (QED) is 0.511. The zero-order valence-corrected chi connectivity index (χ0v) is 17.9. The fourth-order valence-corrected chi connectivity index (χ4v) is 5.91. The maximum atomic E-state index is 13.7. The molecule has 0 aliphatic rings. The van der Waals surface area contributed by atoms with Gasteiger partial charge in [0.2, 0.25) is 0 Å². The first-order chi connectivity index (χ1) is 13.8. The van der Waals surface area contributed by atoms with Gasteiger partial charge in [-0.3, -0.25) is 0 Å². The van der Waals surface area contributed by atoms with Gasteiger partial charge in [0, 0.05) is 29.8 Å². The van der Waals surface area contributed by atoms with Gasteiger partial charge >= 0.3 is 0 Å². The lowest BCUT2D eigenvalue weighted by Gasteiger charge is -2.15. The van der Waals surface area contributed by atoms with E-state index in [-0.39, 0.29) is 0 Å².